The van der Waals surface area contributed by atoms with Crippen LogP contribution < -0.4 is 5.32 Å². The minimum atomic E-state index is -0.301. The molecule has 0 spiro atoms. The van der Waals surface area contributed by atoms with Crippen LogP contribution in [0.3, 0.4) is 0 Å². The van der Waals surface area contributed by atoms with E-state index in [1.54, 1.807) is 0 Å². The third-order valence-corrected chi connectivity index (χ3v) is 1.51. The second kappa shape index (κ2) is 3.15. The molecule has 0 aliphatic carbocycles. The monoisotopic (exact) mass is 131 g/mol. The molecule has 9 heavy (non-hydrogen) atoms. The lowest BCUT2D eigenvalue weighted by molar-refractivity contribution is -0.00196. The summed E-state index contributed by atoms with van der Waals surface area (Å²) in [7, 11) is 0. The average Bonchev–Trinajstić information content (AvgIpc) is 2.18. The maximum atomic E-state index is 9.13. The van der Waals surface area contributed by atoms with Gasteiger partial charge in [-0.15, -0.1) is 0 Å². The van der Waals surface area contributed by atoms with Crippen molar-refractivity contribution in [1.82, 2.24) is 5.32 Å². The van der Waals surface area contributed by atoms with Gasteiger partial charge in [0.2, 0.25) is 0 Å². The summed E-state index contributed by atoms with van der Waals surface area (Å²) in [4.78, 5) is 0. The number of aliphatic hydroxyl groups excluding tert-OH is 1. The molecule has 0 bridgehead atoms. The van der Waals surface area contributed by atoms with E-state index in [0.717, 1.165) is 6.54 Å². The van der Waals surface area contributed by atoms with Crippen molar-refractivity contribution in [2.24, 2.45) is 0 Å². The van der Waals surface area contributed by atoms with Gasteiger partial charge in [-0.1, -0.05) is 0 Å². The SMILES string of the molecule is CCO[C@@H]1CNC[C@H]1O. The van der Waals surface area contributed by atoms with Gasteiger partial charge in [0.15, 0.2) is 0 Å². The molecular formula is C6H13NO2. The fraction of sp³-hybridized carbons (Fsp3) is 1.00. The summed E-state index contributed by atoms with van der Waals surface area (Å²) < 4.78 is 5.20. The van der Waals surface area contributed by atoms with Crippen molar-refractivity contribution >= 4 is 0 Å². The predicted octanol–water partition coefficient (Wildman–Crippen LogP) is -0.644. The fourth-order valence-electron chi connectivity index (χ4n) is 1.03. The first-order valence-corrected chi connectivity index (χ1v) is 3.35. The topological polar surface area (TPSA) is 41.5 Å². The molecule has 1 saturated heterocycles. The Morgan fingerprint density at radius 1 is 1.67 bits per heavy atom. The van der Waals surface area contributed by atoms with Gasteiger partial charge in [0, 0.05) is 19.7 Å². The van der Waals surface area contributed by atoms with E-state index in [9.17, 15) is 0 Å². The molecule has 0 saturated carbocycles. The van der Waals surface area contributed by atoms with Gasteiger partial charge in [-0.3, -0.25) is 0 Å². The molecule has 0 radical (unpaired) electrons. The Kier molecular flexibility index (Phi) is 2.45. The van der Waals surface area contributed by atoms with Gasteiger partial charge in [0.05, 0.1) is 12.2 Å². The standard InChI is InChI=1S/C6H13NO2/c1-2-9-6-4-7-3-5(6)8/h5-8H,2-4H2,1H3/t5-,6-/m1/s1. The number of β-amino-alcohol motifs (C(OH)–C–C–N with tert-alkyl or cyclic N) is 1. The lowest BCUT2D eigenvalue weighted by Gasteiger charge is -2.11. The third kappa shape index (κ3) is 1.64. The number of nitrogens with one attached hydrogen (secondary N) is 1. The Morgan fingerprint density at radius 3 is 2.89 bits per heavy atom. The molecule has 0 unspecified atom stereocenters. The molecule has 2 N–H and O–H groups in total. The number of rotatable bonds is 2. The Labute approximate surface area is 55.0 Å². The number of ether oxygens (including phenoxy) is 1. The molecule has 54 valence electrons. The highest BCUT2D eigenvalue weighted by atomic mass is 16.5. The minimum absolute atomic E-state index is 0.0231. The quantitative estimate of drug-likeness (QED) is 0.523. The smallest absolute Gasteiger partial charge is 0.0970 e. The lowest BCUT2D eigenvalue weighted by atomic mass is 10.3. The highest BCUT2D eigenvalue weighted by molar-refractivity contribution is 4.80. The van der Waals surface area contributed by atoms with E-state index in [4.69, 9.17) is 9.84 Å². The van der Waals surface area contributed by atoms with Crippen molar-refractivity contribution in [3.63, 3.8) is 0 Å². The van der Waals surface area contributed by atoms with Crippen LogP contribution in [0, 0.1) is 0 Å². The van der Waals surface area contributed by atoms with Crippen LogP contribution in [0.2, 0.25) is 0 Å². The zero-order valence-electron chi connectivity index (χ0n) is 5.63. The van der Waals surface area contributed by atoms with Gasteiger partial charge >= 0.3 is 0 Å². The molecular weight excluding hydrogens is 118 g/mol. The van der Waals surface area contributed by atoms with E-state index in [0.29, 0.717) is 13.2 Å². The van der Waals surface area contributed by atoms with Crippen molar-refractivity contribution in [3.8, 4) is 0 Å². The van der Waals surface area contributed by atoms with Crippen LogP contribution >= 0.6 is 0 Å². The molecule has 0 aromatic heterocycles. The predicted molar refractivity (Wildman–Crippen MR) is 34.3 cm³/mol. The summed E-state index contributed by atoms with van der Waals surface area (Å²) in [6, 6.07) is 0. The third-order valence-electron chi connectivity index (χ3n) is 1.51. The summed E-state index contributed by atoms with van der Waals surface area (Å²) in [5.74, 6) is 0. The number of hydrogen-bond donors (Lipinski definition) is 2. The first-order chi connectivity index (χ1) is 4.34. The fourth-order valence-corrected chi connectivity index (χ4v) is 1.03. The summed E-state index contributed by atoms with van der Waals surface area (Å²) in [6.45, 7) is 4.08. The van der Waals surface area contributed by atoms with E-state index in [2.05, 4.69) is 5.32 Å². The normalized spacial score (nSPS) is 35.3. The highest BCUT2D eigenvalue weighted by Gasteiger charge is 2.24. The molecule has 1 fully saturated rings. The van der Waals surface area contributed by atoms with Gasteiger partial charge in [0.25, 0.3) is 0 Å². The summed E-state index contributed by atoms with van der Waals surface area (Å²) in [6.07, 6.45) is -0.278. The lowest BCUT2D eigenvalue weighted by Crippen LogP contribution is -2.26. The summed E-state index contributed by atoms with van der Waals surface area (Å²) in [5.41, 5.74) is 0. The van der Waals surface area contributed by atoms with Crippen molar-refractivity contribution in [2.75, 3.05) is 19.7 Å². The molecule has 0 aromatic carbocycles. The van der Waals surface area contributed by atoms with Crippen LogP contribution in [0.25, 0.3) is 0 Å². The van der Waals surface area contributed by atoms with E-state index in [1.807, 2.05) is 6.92 Å². The van der Waals surface area contributed by atoms with Crippen LogP contribution in [0.4, 0.5) is 0 Å². The Hall–Kier alpha value is -0.120. The largest absolute Gasteiger partial charge is 0.389 e. The van der Waals surface area contributed by atoms with Crippen LogP contribution in [0.15, 0.2) is 0 Å². The van der Waals surface area contributed by atoms with Gasteiger partial charge < -0.3 is 15.2 Å². The average molecular weight is 131 g/mol. The van der Waals surface area contributed by atoms with Crippen molar-refractivity contribution in [1.29, 1.82) is 0 Å². The van der Waals surface area contributed by atoms with E-state index < -0.39 is 0 Å². The first kappa shape index (κ1) is 6.99. The molecule has 1 aliphatic heterocycles. The summed E-state index contributed by atoms with van der Waals surface area (Å²) in [5, 5.41) is 12.2. The molecule has 1 heterocycles. The van der Waals surface area contributed by atoms with Gasteiger partial charge in [-0.2, -0.15) is 0 Å². The van der Waals surface area contributed by atoms with Crippen LogP contribution in [0.5, 0.6) is 0 Å². The van der Waals surface area contributed by atoms with Gasteiger partial charge in [-0.05, 0) is 6.92 Å². The molecule has 3 heteroatoms. The Morgan fingerprint density at radius 2 is 2.44 bits per heavy atom. The van der Waals surface area contributed by atoms with E-state index in [-0.39, 0.29) is 12.2 Å². The van der Waals surface area contributed by atoms with Crippen molar-refractivity contribution in [2.45, 2.75) is 19.1 Å². The maximum Gasteiger partial charge on any atom is 0.0970 e. The molecule has 2 atom stereocenters. The highest BCUT2D eigenvalue weighted by Crippen LogP contribution is 2.03. The van der Waals surface area contributed by atoms with Crippen LogP contribution in [0.1, 0.15) is 6.92 Å². The Balaban J connectivity index is 2.22. The second-order valence-electron chi connectivity index (χ2n) is 2.22. The minimum Gasteiger partial charge on any atom is -0.389 e. The molecule has 1 aliphatic rings. The first-order valence-electron chi connectivity index (χ1n) is 3.35. The van der Waals surface area contributed by atoms with Crippen LogP contribution in [-0.4, -0.2) is 37.0 Å². The molecule has 1 rings (SSSR count). The maximum absolute atomic E-state index is 9.13. The van der Waals surface area contributed by atoms with E-state index in [1.165, 1.54) is 0 Å². The van der Waals surface area contributed by atoms with Crippen molar-refractivity contribution in [3.05, 3.63) is 0 Å². The summed E-state index contributed by atoms with van der Waals surface area (Å²) >= 11 is 0. The zero-order valence-corrected chi connectivity index (χ0v) is 5.63. The zero-order chi connectivity index (χ0) is 6.69. The number of aliphatic hydroxyl groups is 1. The van der Waals surface area contributed by atoms with Gasteiger partial charge in [0.1, 0.15) is 0 Å². The van der Waals surface area contributed by atoms with Crippen molar-refractivity contribution < 1.29 is 9.84 Å². The number of hydrogen-bond acceptors (Lipinski definition) is 3. The molecule has 3 nitrogen and oxygen atoms in total. The molecule has 0 amide bonds. The van der Waals surface area contributed by atoms with Crippen LogP contribution in [-0.2, 0) is 4.74 Å². The Bertz CT molecular complexity index is 87.1. The van der Waals surface area contributed by atoms with Gasteiger partial charge in [-0.25, -0.2) is 0 Å². The second-order valence-corrected chi connectivity index (χ2v) is 2.22. The molecule has 0 aromatic rings. The van der Waals surface area contributed by atoms with E-state index >= 15 is 0 Å².